The molecule has 1 atom stereocenters. The molecule has 0 aliphatic heterocycles. The minimum Gasteiger partial charge on any atom is -0.395 e. The van der Waals surface area contributed by atoms with Gasteiger partial charge in [0.05, 0.1) is 5.69 Å². The van der Waals surface area contributed by atoms with E-state index in [0.717, 1.165) is 17.1 Å². The Labute approximate surface area is 168 Å². The van der Waals surface area contributed by atoms with Crippen LogP contribution in [0.3, 0.4) is 0 Å². The van der Waals surface area contributed by atoms with Crippen LogP contribution in [0.4, 0.5) is 11.4 Å². The second-order valence-electron chi connectivity index (χ2n) is 7.52. The van der Waals surface area contributed by atoms with Gasteiger partial charge in [0, 0.05) is 11.2 Å². The molecule has 0 spiro atoms. The van der Waals surface area contributed by atoms with E-state index >= 15 is 0 Å². The molecule has 3 amide bonds. The van der Waals surface area contributed by atoms with Gasteiger partial charge in [-0.25, -0.2) is 0 Å². The van der Waals surface area contributed by atoms with Crippen LogP contribution in [-0.4, -0.2) is 33.7 Å². The second-order valence-corrected chi connectivity index (χ2v) is 8.29. The highest BCUT2D eigenvalue weighted by Crippen LogP contribution is 2.29. The monoisotopic (exact) mass is 403 g/mol. The van der Waals surface area contributed by atoms with Gasteiger partial charge in [0.2, 0.25) is 5.91 Å². The summed E-state index contributed by atoms with van der Waals surface area (Å²) in [5, 5.41) is 2.88. The van der Waals surface area contributed by atoms with Crippen LogP contribution in [-0.2, 0) is 4.79 Å². The molecule has 5 N–H and O–H groups in total. The molecular weight excluding hydrogens is 378 g/mol. The number of para-hydroxylation sites is 1. The van der Waals surface area contributed by atoms with Gasteiger partial charge in [-0.05, 0) is 57.8 Å². The summed E-state index contributed by atoms with van der Waals surface area (Å²) in [6.45, 7) is 9.06. The highest BCUT2D eigenvalue weighted by Gasteiger charge is 2.33. The molecule has 2 rings (SSSR count). The van der Waals surface area contributed by atoms with Gasteiger partial charge in [-0.2, -0.15) is 4.37 Å². The summed E-state index contributed by atoms with van der Waals surface area (Å²) >= 11 is 0.785. The molecule has 150 valence electrons. The molecule has 0 aliphatic carbocycles. The predicted molar refractivity (Wildman–Crippen MR) is 110 cm³/mol. The minimum absolute atomic E-state index is 0.0625. The third kappa shape index (κ3) is 4.48. The Bertz CT molecular complexity index is 917. The number of benzene rings is 1. The van der Waals surface area contributed by atoms with Crippen molar-refractivity contribution in [3.63, 3.8) is 0 Å². The number of nitrogens with one attached hydrogen (secondary N) is 1. The van der Waals surface area contributed by atoms with Crippen LogP contribution >= 0.6 is 11.5 Å². The fourth-order valence-electron chi connectivity index (χ4n) is 2.66. The van der Waals surface area contributed by atoms with E-state index in [2.05, 4.69) is 9.69 Å². The fourth-order valence-corrected chi connectivity index (χ4v) is 3.40. The van der Waals surface area contributed by atoms with E-state index in [1.807, 2.05) is 39.8 Å². The molecule has 0 saturated heterocycles. The maximum absolute atomic E-state index is 13.4. The van der Waals surface area contributed by atoms with Crippen molar-refractivity contribution in [2.75, 3.05) is 10.6 Å². The summed E-state index contributed by atoms with van der Waals surface area (Å²) in [6.07, 6.45) is 0. The van der Waals surface area contributed by atoms with Crippen LogP contribution in [0.25, 0.3) is 0 Å². The Morgan fingerprint density at radius 2 is 1.82 bits per heavy atom. The predicted octanol–water partition coefficient (Wildman–Crippen LogP) is 2.08. The van der Waals surface area contributed by atoms with E-state index in [1.165, 1.54) is 4.90 Å². The third-order valence-corrected chi connectivity index (χ3v) is 4.87. The largest absolute Gasteiger partial charge is 0.395 e. The Kier molecular flexibility index (Phi) is 6.08. The highest BCUT2D eigenvalue weighted by atomic mass is 32.1. The molecule has 0 bridgehead atoms. The van der Waals surface area contributed by atoms with Gasteiger partial charge in [-0.15, -0.1) is 0 Å². The first kappa shape index (κ1) is 21.4. The van der Waals surface area contributed by atoms with Gasteiger partial charge in [-0.3, -0.25) is 19.3 Å². The molecule has 0 aliphatic rings. The zero-order valence-corrected chi connectivity index (χ0v) is 17.4. The van der Waals surface area contributed by atoms with Crippen molar-refractivity contribution in [3.8, 4) is 0 Å². The van der Waals surface area contributed by atoms with Crippen molar-refractivity contribution in [2.24, 2.45) is 5.73 Å². The van der Waals surface area contributed by atoms with E-state index in [4.69, 9.17) is 11.5 Å². The summed E-state index contributed by atoms with van der Waals surface area (Å²) in [4.78, 5) is 39.0. The van der Waals surface area contributed by atoms with Gasteiger partial charge in [-0.1, -0.05) is 18.2 Å². The quantitative estimate of drug-likeness (QED) is 0.703. The van der Waals surface area contributed by atoms with E-state index < -0.39 is 23.4 Å². The van der Waals surface area contributed by atoms with Crippen LogP contribution in [0.2, 0.25) is 0 Å². The lowest BCUT2D eigenvalue weighted by Gasteiger charge is -2.32. The lowest BCUT2D eigenvalue weighted by molar-refractivity contribution is -0.123. The van der Waals surface area contributed by atoms with Crippen molar-refractivity contribution >= 4 is 40.6 Å². The molecule has 2 aromatic rings. The average molecular weight is 404 g/mol. The van der Waals surface area contributed by atoms with Gasteiger partial charge < -0.3 is 16.8 Å². The van der Waals surface area contributed by atoms with Crippen molar-refractivity contribution < 1.29 is 14.4 Å². The summed E-state index contributed by atoms with van der Waals surface area (Å²) in [6, 6.07) is 6.39. The van der Waals surface area contributed by atoms with Crippen LogP contribution in [0.15, 0.2) is 24.3 Å². The van der Waals surface area contributed by atoms with Crippen LogP contribution in [0, 0.1) is 6.92 Å². The van der Waals surface area contributed by atoms with E-state index in [-0.39, 0.29) is 22.2 Å². The first-order chi connectivity index (χ1) is 12.9. The average Bonchev–Trinajstić information content (AvgIpc) is 2.96. The molecule has 1 aromatic heterocycles. The molecule has 0 fully saturated rings. The minimum atomic E-state index is -0.827. The first-order valence-corrected chi connectivity index (χ1v) is 9.47. The number of anilines is 2. The zero-order valence-electron chi connectivity index (χ0n) is 16.6. The van der Waals surface area contributed by atoms with Gasteiger partial charge in [0.15, 0.2) is 5.69 Å². The highest BCUT2D eigenvalue weighted by molar-refractivity contribution is 7.09. The van der Waals surface area contributed by atoms with Gasteiger partial charge in [0.25, 0.3) is 11.8 Å². The van der Waals surface area contributed by atoms with Crippen LogP contribution < -0.4 is 21.7 Å². The summed E-state index contributed by atoms with van der Waals surface area (Å²) < 4.78 is 3.89. The number of nitrogens with zero attached hydrogens (tertiary/aromatic N) is 2. The van der Waals surface area contributed by atoms with Crippen LogP contribution in [0.1, 0.15) is 53.4 Å². The smallest absolute Gasteiger partial charge is 0.272 e. The molecule has 1 heterocycles. The SMILES string of the molecule is Cc1ccccc1N(C(=O)c1snc(C(N)=O)c1N)C(C)C(=O)NC(C)(C)C. The van der Waals surface area contributed by atoms with Crippen LogP contribution in [0.5, 0.6) is 0 Å². The van der Waals surface area contributed by atoms with E-state index in [0.29, 0.717) is 5.69 Å². The fraction of sp³-hybridized carbons (Fsp3) is 0.368. The number of carbonyl (C=O) groups excluding carboxylic acids is 3. The number of nitrogens with two attached hydrogens (primary N) is 2. The number of aromatic nitrogens is 1. The third-order valence-electron chi connectivity index (χ3n) is 4.01. The lowest BCUT2D eigenvalue weighted by Crippen LogP contribution is -2.53. The number of rotatable bonds is 5. The molecule has 9 heteroatoms. The van der Waals surface area contributed by atoms with E-state index in [9.17, 15) is 14.4 Å². The van der Waals surface area contributed by atoms with Gasteiger partial charge in [0.1, 0.15) is 10.9 Å². The van der Waals surface area contributed by atoms with Gasteiger partial charge >= 0.3 is 0 Å². The zero-order chi connectivity index (χ0) is 21.2. The number of carbonyl (C=O) groups is 3. The molecule has 1 aromatic carbocycles. The number of amides is 3. The second kappa shape index (κ2) is 7.97. The first-order valence-electron chi connectivity index (χ1n) is 8.70. The number of hydrogen-bond acceptors (Lipinski definition) is 6. The Hall–Kier alpha value is -2.94. The Morgan fingerprint density at radius 1 is 1.21 bits per heavy atom. The lowest BCUT2D eigenvalue weighted by atomic mass is 10.1. The molecule has 8 nitrogen and oxygen atoms in total. The van der Waals surface area contributed by atoms with Crippen molar-refractivity contribution in [1.29, 1.82) is 0 Å². The van der Waals surface area contributed by atoms with Crippen molar-refractivity contribution in [1.82, 2.24) is 9.69 Å². The topological polar surface area (TPSA) is 131 Å². The summed E-state index contributed by atoms with van der Waals surface area (Å²) in [7, 11) is 0. The van der Waals surface area contributed by atoms with Crippen molar-refractivity contribution in [3.05, 3.63) is 40.4 Å². The summed E-state index contributed by atoms with van der Waals surface area (Å²) in [5.41, 5.74) is 11.9. The molecule has 0 radical (unpaired) electrons. The maximum atomic E-state index is 13.4. The Balaban J connectivity index is 2.53. The number of aryl methyl sites for hydroxylation is 1. The van der Waals surface area contributed by atoms with Crippen molar-refractivity contribution in [2.45, 2.75) is 46.2 Å². The maximum Gasteiger partial charge on any atom is 0.272 e. The molecule has 28 heavy (non-hydrogen) atoms. The number of primary amides is 1. The molecule has 0 saturated carbocycles. The normalized spacial score (nSPS) is 12.3. The molecule has 1 unspecified atom stereocenters. The summed E-state index contributed by atoms with van der Waals surface area (Å²) in [5.74, 6) is -1.65. The Morgan fingerprint density at radius 3 is 2.32 bits per heavy atom. The molecular formula is C19H25N5O3S. The standard InChI is InChI=1S/C19H25N5O3S/c1-10-8-6-7-9-12(10)24(11(2)17(26)22-19(3,4)5)18(27)15-13(20)14(16(21)25)23-28-15/h6-9,11H,20H2,1-5H3,(H2,21,25)(H,22,26). The number of nitrogen functional groups attached to an aromatic ring is 1. The van der Waals surface area contributed by atoms with E-state index in [1.54, 1.807) is 19.1 Å². The number of hydrogen-bond donors (Lipinski definition) is 3.